The first kappa shape index (κ1) is 25.6. The highest BCUT2D eigenvalue weighted by molar-refractivity contribution is 7.91. The molecule has 1 fully saturated rings. The molecule has 1 unspecified atom stereocenters. The SMILES string of the molecule is CC1CN(c2nccc(S(=O)(=O)c3cccc(N(C)CCc4cccnc4)n3)c2C(N)=O)C(C)(C)C1. The van der Waals surface area contributed by atoms with Crippen molar-refractivity contribution in [3.8, 4) is 0 Å². The van der Waals surface area contributed by atoms with Crippen molar-refractivity contribution in [2.24, 2.45) is 11.7 Å². The molecule has 0 aromatic carbocycles. The topological polar surface area (TPSA) is 122 Å². The molecule has 0 spiro atoms. The van der Waals surface area contributed by atoms with E-state index in [0.29, 0.717) is 30.6 Å². The van der Waals surface area contributed by atoms with Gasteiger partial charge in [-0.2, -0.15) is 0 Å². The van der Waals surface area contributed by atoms with Gasteiger partial charge in [0.15, 0.2) is 5.03 Å². The first-order valence-electron chi connectivity index (χ1n) is 11.9. The maximum absolute atomic E-state index is 13.8. The molecule has 0 aliphatic carbocycles. The smallest absolute Gasteiger partial charge is 0.253 e. The Morgan fingerprint density at radius 1 is 1.19 bits per heavy atom. The molecule has 1 amide bonds. The van der Waals surface area contributed by atoms with Crippen molar-refractivity contribution in [2.75, 3.05) is 29.9 Å². The number of primary amides is 1. The van der Waals surface area contributed by atoms with Gasteiger partial charge in [0.05, 0.1) is 4.90 Å². The van der Waals surface area contributed by atoms with Gasteiger partial charge < -0.3 is 15.5 Å². The highest BCUT2D eigenvalue weighted by Gasteiger charge is 2.40. The molecule has 4 rings (SSSR count). The van der Waals surface area contributed by atoms with E-state index >= 15 is 0 Å². The second-order valence-electron chi connectivity index (χ2n) is 9.97. The van der Waals surface area contributed by atoms with Crippen molar-refractivity contribution >= 4 is 27.4 Å². The minimum Gasteiger partial charge on any atom is -0.365 e. The van der Waals surface area contributed by atoms with Gasteiger partial charge in [-0.25, -0.2) is 18.4 Å². The third kappa shape index (κ3) is 5.04. The second kappa shape index (κ2) is 9.85. The molecular formula is C26H32N6O3S. The van der Waals surface area contributed by atoms with Crippen LogP contribution in [0.15, 0.2) is 64.9 Å². The molecule has 0 bridgehead atoms. The average molecular weight is 509 g/mol. The fourth-order valence-corrected chi connectivity index (χ4v) is 6.29. The quantitative estimate of drug-likeness (QED) is 0.492. The lowest BCUT2D eigenvalue weighted by Gasteiger charge is -2.33. The van der Waals surface area contributed by atoms with E-state index < -0.39 is 15.7 Å². The maximum atomic E-state index is 13.8. The van der Waals surface area contributed by atoms with Crippen molar-refractivity contribution in [3.05, 3.63) is 66.1 Å². The summed E-state index contributed by atoms with van der Waals surface area (Å²) >= 11 is 0. The van der Waals surface area contributed by atoms with Gasteiger partial charge in [0, 0.05) is 44.3 Å². The summed E-state index contributed by atoms with van der Waals surface area (Å²) in [6.07, 6.45) is 6.55. The third-order valence-corrected chi connectivity index (χ3v) is 8.29. The zero-order chi connectivity index (χ0) is 26.1. The molecule has 36 heavy (non-hydrogen) atoms. The van der Waals surface area contributed by atoms with Crippen molar-refractivity contribution in [1.29, 1.82) is 0 Å². The minimum atomic E-state index is -4.16. The van der Waals surface area contributed by atoms with Crippen LogP contribution in [0.25, 0.3) is 0 Å². The lowest BCUT2D eigenvalue weighted by atomic mass is 9.97. The van der Waals surface area contributed by atoms with Crippen molar-refractivity contribution in [1.82, 2.24) is 15.0 Å². The van der Waals surface area contributed by atoms with Crippen LogP contribution < -0.4 is 15.5 Å². The van der Waals surface area contributed by atoms with Gasteiger partial charge in [-0.15, -0.1) is 0 Å². The molecule has 9 nitrogen and oxygen atoms in total. The summed E-state index contributed by atoms with van der Waals surface area (Å²) in [7, 11) is -2.30. The predicted molar refractivity (Wildman–Crippen MR) is 139 cm³/mol. The molecule has 1 aliphatic heterocycles. The Labute approximate surface area is 212 Å². The Bertz CT molecular complexity index is 1360. The Morgan fingerprint density at radius 2 is 1.97 bits per heavy atom. The average Bonchev–Trinajstić information content (AvgIpc) is 3.14. The van der Waals surface area contributed by atoms with Crippen LogP contribution in [-0.2, 0) is 16.3 Å². The number of amides is 1. The van der Waals surface area contributed by atoms with E-state index in [1.807, 2.05) is 29.0 Å². The van der Waals surface area contributed by atoms with Gasteiger partial charge in [0.1, 0.15) is 17.2 Å². The van der Waals surface area contributed by atoms with Crippen LogP contribution in [0.1, 0.15) is 43.1 Å². The number of sulfone groups is 1. The number of hydrogen-bond acceptors (Lipinski definition) is 8. The zero-order valence-corrected chi connectivity index (χ0v) is 21.9. The van der Waals surface area contributed by atoms with E-state index in [9.17, 15) is 13.2 Å². The molecule has 4 heterocycles. The monoisotopic (exact) mass is 508 g/mol. The van der Waals surface area contributed by atoms with Crippen LogP contribution in [0, 0.1) is 5.92 Å². The zero-order valence-electron chi connectivity index (χ0n) is 21.0. The normalized spacial score (nSPS) is 17.2. The van der Waals surface area contributed by atoms with Crippen LogP contribution in [0.4, 0.5) is 11.6 Å². The van der Waals surface area contributed by atoms with Gasteiger partial charge in [-0.3, -0.25) is 9.78 Å². The summed E-state index contributed by atoms with van der Waals surface area (Å²) in [6.45, 7) is 7.50. The Kier molecular flexibility index (Phi) is 6.99. The van der Waals surface area contributed by atoms with Gasteiger partial charge in [-0.1, -0.05) is 19.1 Å². The number of carbonyl (C=O) groups excluding carboxylic acids is 1. The van der Waals surface area contributed by atoms with Crippen molar-refractivity contribution < 1.29 is 13.2 Å². The highest BCUT2D eigenvalue weighted by Crippen LogP contribution is 2.39. The van der Waals surface area contributed by atoms with Crippen LogP contribution in [-0.4, -0.2) is 55.0 Å². The molecule has 1 aliphatic rings. The first-order valence-corrected chi connectivity index (χ1v) is 13.4. The Hall–Kier alpha value is -3.53. The molecule has 1 saturated heterocycles. The highest BCUT2D eigenvalue weighted by atomic mass is 32.2. The van der Waals surface area contributed by atoms with Gasteiger partial charge in [0.2, 0.25) is 9.84 Å². The second-order valence-corrected chi connectivity index (χ2v) is 11.8. The number of rotatable bonds is 8. The maximum Gasteiger partial charge on any atom is 0.253 e. The molecule has 10 heteroatoms. The number of hydrogen-bond donors (Lipinski definition) is 1. The molecule has 0 saturated carbocycles. The predicted octanol–water partition coefficient (Wildman–Crippen LogP) is 3.11. The summed E-state index contributed by atoms with van der Waals surface area (Å²) in [5.41, 5.74) is 6.42. The number of nitrogens with two attached hydrogens (primary N) is 1. The number of aromatic nitrogens is 3. The minimum absolute atomic E-state index is 0.100. The van der Waals surface area contributed by atoms with Crippen LogP contribution in [0.5, 0.6) is 0 Å². The van der Waals surface area contributed by atoms with Gasteiger partial charge in [-0.05, 0) is 62.4 Å². The lowest BCUT2D eigenvalue weighted by Crippen LogP contribution is -2.40. The number of pyridine rings is 3. The number of carbonyl (C=O) groups is 1. The van der Waals surface area contributed by atoms with E-state index in [1.54, 1.807) is 24.5 Å². The summed E-state index contributed by atoms with van der Waals surface area (Å²) in [5.74, 6) is 0.326. The molecule has 2 N–H and O–H groups in total. The van der Waals surface area contributed by atoms with Crippen molar-refractivity contribution in [2.45, 2.75) is 49.1 Å². The van der Waals surface area contributed by atoms with Gasteiger partial charge in [0.25, 0.3) is 5.91 Å². The Balaban J connectivity index is 1.69. The largest absolute Gasteiger partial charge is 0.365 e. The molecule has 1 atom stereocenters. The summed E-state index contributed by atoms with van der Waals surface area (Å²) in [6, 6.07) is 10.0. The lowest BCUT2D eigenvalue weighted by molar-refractivity contribution is 0.0997. The summed E-state index contributed by atoms with van der Waals surface area (Å²) < 4.78 is 27.5. The van der Waals surface area contributed by atoms with E-state index in [-0.39, 0.29) is 21.0 Å². The van der Waals surface area contributed by atoms with Crippen LogP contribution in [0.3, 0.4) is 0 Å². The van der Waals surface area contributed by atoms with E-state index in [4.69, 9.17) is 5.73 Å². The molecule has 0 radical (unpaired) electrons. The number of anilines is 2. The van der Waals surface area contributed by atoms with Crippen molar-refractivity contribution in [3.63, 3.8) is 0 Å². The molecular weight excluding hydrogens is 476 g/mol. The summed E-state index contributed by atoms with van der Waals surface area (Å²) in [4.78, 5) is 29.3. The number of nitrogens with zero attached hydrogens (tertiary/aromatic N) is 5. The fourth-order valence-electron chi connectivity index (χ4n) is 4.89. The van der Waals surface area contributed by atoms with Crippen LogP contribution >= 0.6 is 0 Å². The van der Waals surface area contributed by atoms with E-state index in [2.05, 4.69) is 35.7 Å². The third-order valence-electron chi connectivity index (χ3n) is 6.59. The molecule has 3 aromatic heterocycles. The number of likely N-dealkylation sites (N-methyl/N-ethyl adjacent to an activating group) is 1. The van der Waals surface area contributed by atoms with Crippen LogP contribution in [0.2, 0.25) is 0 Å². The summed E-state index contributed by atoms with van der Waals surface area (Å²) in [5, 5.41) is -0.151. The molecule has 190 valence electrons. The van der Waals surface area contributed by atoms with Gasteiger partial charge >= 0.3 is 0 Å². The standard InChI is InChI=1S/C26H32N6O3S/c1-18-15-26(2,3)32(17-18)25-23(24(27)33)20(10-13-29-25)36(34,35)22-9-5-8-21(30-22)31(4)14-11-19-7-6-12-28-16-19/h5-10,12-13,16,18H,11,14-15,17H2,1-4H3,(H2,27,33). The Morgan fingerprint density at radius 3 is 2.61 bits per heavy atom. The van der Waals surface area contributed by atoms with E-state index in [0.717, 1.165) is 18.4 Å². The van der Waals surface area contributed by atoms with E-state index in [1.165, 1.54) is 18.3 Å². The first-order chi connectivity index (χ1) is 17.0. The molecule has 3 aromatic rings. The fraction of sp³-hybridized carbons (Fsp3) is 0.385.